The Balaban J connectivity index is 2.32. The van der Waals surface area contributed by atoms with Crippen molar-refractivity contribution in [1.29, 1.82) is 0 Å². The van der Waals surface area contributed by atoms with Gasteiger partial charge in [0.25, 0.3) is 0 Å². The first kappa shape index (κ1) is 12.4. The molecular weight excluding hydrogens is 256 g/mol. The third-order valence-corrected chi connectivity index (χ3v) is 2.82. The van der Waals surface area contributed by atoms with Crippen LogP contribution in [-0.2, 0) is 11.2 Å². The second-order valence-electron chi connectivity index (χ2n) is 3.67. The molecule has 8 heteroatoms. The van der Waals surface area contributed by atoms with Crippen LogP contribution >= 0.6 is 11.6 Å². The number of aromatic nitrogens is 2. The first-order chi connectivity index (χ1) is 8.63. The molecule has 1 amide bonds. The highest BCUT2D eigenvalue weighted by Gasteiger charge is 2.16. The molecule has 1 atom stereocenters. The lowest BCUT2D eigenvalue weighted by Crippen LogP contribution is -2.30. The fraction of sp³-hybridized carbons (Fsp3) is 0.200. The first-order valence-electron chi connectivity index (χ1n) is 5.08. The molecule has 0 saturated carbocycles. The number of rotatable bonds is 3. The van der Waals surface area contributed by atoms with E-state index < -0.39 is 11.9 Å². The van der Waals surface area contributed by atoms with Gasteiger partial charge in [-0.1, -0.05) is 11.6 Å². The van der Waals surface area contributed by atoms with Gasteiger partial charge in [-0.25, -0.2) is 4.98 Å². The Morgan fingerprint density at radius 1 is 1.72 bits per heavy atom. The zero-order chi connectivity index (χ0) is 13.1. The molecule has 0 radical (unpaired) electrons. The minimum atomic E-state index is -0.892. The number of hydrogen-bond acceptors (Lipinski definition) is 3. The average Bonchev–Trinajstić information content (AvgIpc) is 2.74. The van der Waals surface area contributed by atoms with Gasteiger partial charge in [0.2, 0.25) is 5.91 Å². The van der Waals surface area contributed by atoms with Crippen LogP contribution in [0.3, 0.4) is 0 Å². The molecule has 2 rings (SSSR count). The van der Waals surface area contributed by atoms with Crippen molar-refractivity contribution in [3.05, 3.63) is 39.5 Å². The second-order valence-corrected chi connectivity index (χ2v) is 4.08. The summed E-state index contributed by atoms with van der Waals surface area (Å²) < 4.78 is 0. The number of fused-ring (bicyclic) bond motifs is 1. The lowest BCUT2D eigenvalue weighted by molar-refractivity contribution is -0.119. The van der Waals surface area contributed by atoms with Crippen LogP contribution in [0.4, 0.5) is 0 Å². The van der Waals surface area contributed by atoms with E-state index in [1.807, 2.05) is 0 Å². The summed E-state index contributed by atoms with van der Waals surface area (Å²) >= 11 is 6.06. The lowest BCUT2D eigenvalue weighted by Gasteiger charge is -2.06. The minimum Gasteiger partial charge on any atom is -0.346 e. The van der Waals surface area contributed by atoms with Crippen LogP contribution in [0.15, 0.2) is 23.6 Å². The van der Waals surface area contributed by atoms with Crippen LogP contribution in [-0.4, -0.2) is 21.9 Å². The Kier molecular flexibility index (Phi) is 3.47. The molecule has 18 heavy (non-hydrogen) atoms. The third kappa shape index (κ3) is 2.28. The van der Waals surface area contributed by atoms with Crippen molar-refractivity contribution in [3.63, 3.8) is 0 Å². The number of pyridine rings is 1. The van der Waals surface area contributed by atoms with Gasteiger partial charge in [-0.15, -0.1) is 0 Å². The van der Waals surface area contributed by atoms with Crippen molar-refractivity contribution in [2.75, 3.05) is 0 Å². The Morgan fingerprint density at radius 2 is 2.50 bits per heavy atom. The molecule has 3 N–H and O–H groups in total. The summed E-state index contributed by atoms with van der Waals surface area (Å²) in [7, 11) is 0. The highest BCUT2D eigenvalue weighted by atomic mass is 35.5. The summed E-state index contributed by atoms with van der Waals surface area (Å²) in [5.41, 5.74) is 15.2. The van der Waals surface area contributed by atoms with E-state index in [1.54, 1.807) is 18.5 Å². The molecule has 7 nitrogen and oxygen atoms in total. The molecule has 0 saturated heterocycles. The molecule has 0 aliphatic heterocycles. The van der Waals surface area contributed by atoms with Gasteiger partial charge < -0.3 is 10.7 Å². The molecule has 92 valence electrons. The fourth-order valence-corrected chi connectivity index (χ4v) is 1.95. The summed E-state index contributed by atoms with van der Waals surface area (Å²) in [5.74, 6) is -0.702. The maximum Gasteiger partial charge on any atom is 0.235 e. The van der Waals surface area contributed by atoms with E-state index >= 15 is 0 Å². The van der Waals surface area contributed by atoms with E-state index in [9.17, 15) is 4.79 Å². The quantitative estimate of drug-likeness (QED) is 0.500. The number of nitrogens with zero attached hydrogens (tertiary/aromatic N) is 4. The molecule has 0 fully saturated rings. The van der Waals surface area contributed by atoms with Crippen molar-refractivity contribution in [2.24, 2.45) is 10.8 Å². The second kappa shape index (κ2) is 5.05. The van der Waals surface area contributed by atoms with E-state index in [0.29, 0.717) is 10.7 Å². The number of halogens is 1. The number of carbonyl (C=O) groups is 1. The SMILES string of the molecule is [N-]=[N+]=NC(=O)C(N)Cc1c[nH]c2nccc(Cl)c12. The molecule has 0 aliphatic rings. The van der Waals surface area contributed by atoms with Crippen LogP contribution in [0.1, 0.15) is 5.56 Å². The number of hydrogen-bond donors (Lipinski definition) is 2. The number of H-pyrrole nitrogens is 1. The number of nitrogens with one attached hydrogen (secondary N) is 1. The maximum absolute atomic E-state index is 11.3. The zero-order valence-corrected chi connectivity index (χ0v) is 9.92. The standard InChI is InChI=1S/C10H9ClN6O/c11-6-1-2-14-9-8(6)5(4-15-9)3-7(12)10(18)16-17-13/h1-2,4,7H,3,12H2,(H,14,15). The van der Waals surface area contributed by atoms with Crippen LogP contribution in [0.5, 0.6) is 0 Å². The van der Waals surface area contributed by atoms with Gasteiger partial charge in [-0.3, -0.25) is 4.79 Å². The Morgan fingerprint density at radius 3 is 3.22 bits per heavy atom. The predicted molar refractivity (Wildman–Crippen MR) is 66.9 cm³/mol. The molecule has 2 heterocycles. The highest BCUT2D eigenvalue weighted by molar-refractivity contribution is 6.35. The van der Waals surface area contributed by atoms with Crippen molar-refractivity contribution >= 4 is 28.5 Å². The summed E-state index contributed by atoms with van der Waals surface area (Å²) in [6, 6.07) is 0.762. The molecule has 0 spiro atoms. The smallest absolute Gasteiger partial charge is 0.235 e. The fourth-order valence-electron chi connectivity index (χ4n) is 1.68. The van der Waals surface area contributed by atoms with Gasteiger partial charge in [0.1, 0.15) is 5.65 Å². The van der Waals surface area contributed by atoms with Crippen molar-refractivity contribution < 1.29 is 4.79 Å². The van der Waals surface area contributed by atoms with Gasteiger partial charge >= 0.3 is 0 Å². The largest absolute Gasteiger partial charge is 0.346 e. The summed E-state index contributed by atoms with van der Waals surface area (Å²) in [4.78, 5) is 20.7. The van der Waals surface area contributed by atoms with Gasteiger partial charge in [0.15, 0.2) is 0 Å². The summed E-state index contributed by atoms with van der Waals surface area (Å²) in [6.45, 7) is 0. The zero-order valence-electron chi connectivity index (χ0n) is 9.17. The Bertz CT molecular complexity index is 645. The number of azide groups is 1. The van der Waals surface area contributed by atoms with E-state index in [1.165, 1.54) is 0 Å². The van der Waals surface area contributed by atoms with Gasteiger partial charge in [0.05, 0.1) is 11.1 Å². The monoisotopic (exact) mass is 264 g/mol. The van der Waals surface area contributed by atoms with E-state index in [-0.39, 0.29) is 6.42 Å². The van der Waals surface area contributed by atoms with Crippen LogP contribution in [0.2, 0.25) is 5.02 Å². The first-order valence-corrected chi connectivity index (χ1v) is 5.46. The molecule has 2 aromatic rings. The van der Waals surface area contributed by atoms with E-state index in [0.717, 1.165) is 10.9 Å². The van der Waals surface area contributed by atoms with Gasteiger partial charge in [-0.05, 0) is 28.7 Å². The predicted octanol–water partition coefficient (Wildman–Crippen LogP) is 1.92. The van der Waals surface area contributed by atoms with Crippen molar-refractivity contribution in [1.82, 2.24) is 9.97 Å². The van der Waals surface area contributed by atoms with E-state index in [2.05, 4.69) is 20.0 Å². The summed E-state index contributed by atoms with van der Waals surface area (Å²) in [5, 5.41) is 4.22. The van der Waals surface area contributed by atoms with E-state index in [4.69, 9.17) is 22.9 Å². The molecule has 0 aromatic carbocycles. The Hall–Kier alpha value is -2.08. The van der Waals surface area contributed by atoms with Gasteiger partial charge in [-0.2, -0.15) is 0 Å². The number of nitrogens with two attached hydrogens (primary N) is 1. The summed E-state index contributed by atoms with van der Waals surface area (Å²) in [6.07, 6.45) is 3.49. The van der Waals surface area contributed by atoms with Gasteiger partial charge in [0, 0.05) is 22.7 Å². The molecule has 0 bridgehead atoms. The number of carbonyl (C=O) groups excluding carboxylic acids is 1. The van der Waals surface area contributed by atoms with Crippen molar-refractivity contribution in [2.45, 2.75) is 12.5 Å². The Labute approximate surface area is 107 Å². The molecule has 1 unspecified atom stereocenters. The maximum atomic E-state index is 11.3. The molecule has 0 aliphatic carbocycles. The number of amides is 1. The topological polar surface area (TPSA) is 121 Å². The van der Waals surface area contributed by atoms with Crippen LogP contribution < -0.4 is 5.73 Å². The minimum absolute atomic E-state index is 0.225. The van der Waals surface area contributed by atoms with Crippen molar-refractivity contribution in [3.8, 4) is 0 Å². The number of aromatic amines is 1. The van der Waals surface area contributed by atoms with Crippen LogP contribution in [0.25, 0.3) is 21.5 Å². The molecule has 2 aromatic heterocycles. The lowest BCUT2D eigenvalue weighted by atomic mass is 10.1. The normalized spacial score (nSPS) is 12.1. The average molecular weight is 265 g/mol. The highest BCUT2D eigenvalue weighted by Crippen LogP contribution is 2.25. The molecular formula is C10H9ClN6O. The van der Waals surface area contributed by atoms with Crippen LogP contribution in [0, 0.1) is 0 Å². The third-order valence-electron chi connectivity index (χ3n) is 2.50.